The average Bonchev–Trinajstić information content (AvgIpc) is 2.39. The largest absolute Gasteiger partial charge is 0.493 e. The molecule has 2 rings (SSSR count). The average molecular weight is 275 g/mol. The second-order valence-corrected chi connectivity index (χ2v) is 4.14. The number of hydrogen-bond acceptors (Lipinski definition) is 4. The maximum Gasteiger partial charge on any atom is 0.171 e. The van der Waals surface area contributed by atoms with E-state index < -0.39 is 0 Å². The van der Waals surface area contributed by atoms with E-state index in [1.807, 2.05) is 6.07 Å². The Morgan fingerprint density at radius 2 is 1.95 bits per heavy atom. The summed E-state index contributed by atoms with van der Waals surface area (Å²) < 4.78 is 10.9. The van der Waals surface area contributed by atoms with E-state index in [1.165, 1.54) is 7.11 Å². The minimum Gasteiger partial charge on any atom is -0.493 e. The fourth-order valence-corrected chi connectivity index (χ4v) is 1.80. The summed E-state index contributed by atoms with van der Waals surface area (Å²) in [6, 6.07) is 12.0. The molecule has 0 spiro atoms. The molecule has 0 bridgehead atoms. The second kappa shape index (κ2) is 5.51. The van der Waals surface area contributed by atoms with Crippen LogP contribution in [0.3, 0.4) is 0 Å². The van der Waals surface area contributed by atoms with E-state index in [-0.39, 0.29) is 5.56 Å². The number of ether oxygens (including phenoxy) is 2. The molecule has 0 aliphatic rings. The van der Waals surface area contributed by atoms with Gasteiger partial charge in [0.2, 0.25) is 0 Å². The van der Waals surface area contributed by atoms with E-state index in [4.69, 9.17) is 32.1 Å². The fraction of sp³-hybridized carbons (Fsp3) is 0.0714. The van der Waals surface area contributed by atoms with Crippen molar-refractivity contribution in [2.45, 2.75) is 0 Å². The number of anilines is 1. The molecule has 0 saturated carbocycles. The molecule has 5 heteroatoms. The van der Waals surface area contributed by atoms with Gasteiger partial charge in [-0.05, 0) is 24.3 Å². The third kappa shape index (κ3) is 2.72. The lowest BCUT2D eigenvalue weighted by molar-refractivity contribution is 0.379. The zero-order valence-corrected chi connectivity index (χ0v) is 10.9. The zero-order chi connectivity index (χ0) is 13.8. The molecular weight excluding hydrogens is 264 g/mol. The van der Waals surface area contributed by atoms with Crippen LogP contribution in [0.25, 0.3) is 0 Å². The van der Waals surface area contributed by atoms with Gasteiger partial charge in [-0.15, -0.1) is 0 Å². The highest BCUT2D eigenvalue weighted by Gasteiger charge is 2.11. The smallest absolute Gasteiger partial charge is 0.171 e. The van der Waals surface area contributed by atoms with Gasteiger partial charge in [0.15, 0.2) is 11.5 Å². The molecule has 2 N–H and O–H groups in total. The fourth-order valence-electron chi connectivity index (χ4n) is 1.59. The van der Waals surface area contributed by atoms with E-state index in [9.17, 15) is 0 Å². The van der Waals surface area contributed by atoms with Crippen LogP contribution in [0.2, 0.25) is 5.02 Å². The molecule has 0 heterocycles. The van der Waals surface area contributed by atoms with Crippen molar-refractivity contribution in [3.8, 4) is 23.3 Å². The van der Waals surface area contributed by atoms with Gasteiger partial charge in [-0.25, -0.2) is 0 Å². The summed E-state index contributed by atoms with van der Waals surface area (Å²) in [6.07, 6.45) is 0. The Bertz CT molecular complexity index is 650. The maximum atomic E-state index is 9.09. The summed E-state index contributed by atoms with van der Waals surface area (Å²) in [4.78, 5) is 0. The van der Waals surface area contributed by atoms with Gasteiger partial charge in [0.1, 0.15) is 17.4 Å². The standard InChI is InChI=1S/C14H11ClN2O2/c1-18-13-6-5-9(17)7-14(13)19-12-4-2-3-11(15)10(12)8-16/h2-7H,17H2,1H3. The first kappa shape index (κ1) is 13.1. The van der Waals surface area contributed by atoms with Crippen molar-refractivity contribution in [3.63, 3.8) is 0 Å². The third-order valence-corrected chi connectivity index (χ3v) is 2.81. The molecule has 0 saturated heterocycles. The normalized spacial score (nSPS) is 9.74. The van der Waals surface area contributed by atoms with E-state index in [1.54, 1.807) is 36.4 Å². The predicted octanol–water partition coefficient (Wildman–Crippen LogP) is 3.59. The molecule has 0 aromatic heterocycles. The first-order valence-electron chi connectivity index (χ1n) is 5.45. The number of nitrogens with two attached hydrogens (primary N) is 1. The highest BCUT2D eigenvalue weighted by atomic mass is 35.5. The summed E-state index contributed by atoms with van der Waals surface area (Å²) >= 11 is 5.94. The zero-order valence-electron chi connectivity index (χ0n) is 10.2. The summed E-state index contributed by atoms with van der Waals surface area (Å²) in [5.74, 6) is 1.32. The molecule has 0 fully saturated rings. The molecule has 4 nitrogen and oxygen atoms in total. The molecule has 0 aliphatic heterocycles. The number of rotatable bonds is 3. The lowest BCUT2D eigenvalue weighted by atomic mass is 10.2. The first-order valence-corrected chi connectivity index (χ1v) is 5.83. The monoisotopic (exact) mass is 274 g/mol. The molecule has 2 aromatic rings. The minimum absolute atomic E-state index is 0.272. The molecule has 0 unspecified atom stereocenters. The molecule has 96 valence electrons. The van der Waals surface area contributed by atoms with Gasteiger partial charge >= 0.3 is 0 Å². The van der Waals surface area contributed by atoms with Gasteiger partial charge in [-0.3, -0.25) is 0 Å². The molecule has 0 amide bonds. The van der Waals surface area contributed by atoms with Crippen LogP contribution in [0.15, 0.2) is 36.4 Å². The molecule has 0 atom stereocenters. The van der Waals surface area contributed by atoms with Crippen molar-refractivity contribution < 1.29 is 9.47 Å². The predicted molar refractivity (Wildman–Crippen MR) is 73.6 cm³/mol. The summed E-state index contributed by atoms with van der Waals surface area (Å²) in [5.41, 5.74) is 6.52. The van der Waals surface area contributed by atoms with Gasteiger partial charge in [0.05, 0.1) is 12.1 Å². The Kier molecular flexibility index (Phi) is 3.79. The van der Waals surface area contributed by atoms with Crippen LogP contribution in [0.1, 0.15) is 5.56 Å². The number of nitrogen functional groups attached to an aromatic ring is 1. The first-order chi connectivity index (χ1) is 9.15. The highest BCUT2D eigenvalue weighted by Crippen LogP contribution is 2.36. The Balaban J connectivity index is 2.45. The Hall–Kier alpha value is -2.38. The molecule has 2 aromatic carbocycles. The lowest BCUT2D eigenvalue weighted by Gasteiger charge is -2.12. The topological polar surface area (TPSA) is 68.3 Å². The van der Waals surface area contributed by atoms with E-state index in [0.29, 0.717) is 28.0 Å². The second-order valence-electron chi connectivity index (χ2n) is 3.74. The van der Waals surface area contributed by atoms with Crippen molar-refractivity contribution in [1.29, 1.82) is 5.26 Å². The van der Waals surface area contributed by atoms with E-state index in [2.05, 4.69) is 0 Å². The van der Waals surface area contributed by atoms with Crippen molar-refractivity contribution in [2.75, 3.05) is 12.8 Å². The third-order valence-electron chi connectivity index (χ3n) is 2.49. The number of hydrogen-bond donors (Lipinski definition) is 1. The molecule has 0 radical (unpaired) electrons. The van der Waals surface area contributed by atoms with E-state index >= 15 is 0 Å². The van der Waals surface area contributed by atoms with Crippen molar-refractivity contribution in [2.24, 2.45) is 0 Å². The minimum atomic E-state index is 0.272. The van der Waals surface area contributed by atoms with Crippen molar-refractivity contribution in [3.05, 3.63) is 47.0 Å². The number of methoxy groups -OCH3 is 1. The maximum absolute atomic E-state index is 9.09. The van der Waals surface area contributed by atoms with Gasteiger partial charge in [-0.1, -0.05) is 17.7 Å². The van der Waals surface area contributed by atoms with Crippen LogP contribution >= 0.6 is 11.6 Å². The van der Waals surface area contributed by atoms with Crippen LogP contribution < -0.4 is 15.2 Å². The number of halogens is 1. The SMILES string of the molecule is COc1ccc(N)cc1Oc1cccc(Cl)c1C#N. The van der Waals surface area contributed by atoms with Crippen LogP contribution in [0, 0.1) is 11.3 Å². The van der Waals surface area contributed by atoms with Gasteiger partial charge in [-0.2, -0.15) is 5.26 Å². The van der Waals surface area contributed by atoms with E-state index in [0.717, 1.165) is 0 Å². The Labute approximate surface area is 115 Å². The summed E-state index contributed by atoms with van der Waals surface area (Å²) in [7, 11) is 1.53. The number of nitrogens with zero attached hydrogens (tertiary/aromatic N) is 1. The van der Waals surface area contributed by atoms with Crippen LogP contribution in [0.5, 0.6) is 17.2 Å². The molecular formula is C14H11ClN2O2. The quantitative estimate of drug-likeness (QED) is 0.869. The number of benzene rings is 2. The van der Waals surface area contributed by atoms with Crippen molar-refractivity contribution >= 4 is 17.3 Å². The summed E-state index contributed by atoms with van der Waals surface area (Å²) in [6.45, 7) is 0. The van der Waals surface area contributed by atoms with Crippen LogP contribution in [0.4, 0.5) is 5.69 Å². The Morgan fingerprint density at radius 3 is 2.63 bits per heavy atom. The molecule has 0 aliphatic carbocycles. The number of nitriles is 1. The Morgan fingerprint density at radius 1 is 1.16 bits per heavy atom. The van der Waals surface area contributed by atoms with Crippen LogP contribution in [-0.4, -0.2) is 7.11 Å². The summed E-state index contributed by atoms with van der Waals surface area (Å²) in [5, 5.41) is 9.42. The highest BCUT2D eigenvalue weighted by molar-refractivity contribution is 6.31. The molecule has 19 heavy (non-hydrogen) atoms. The van der Waals surface area contributed by atoms with Gasteiger partial charge in [0, 0.05) is 11.8 Å². The van der Waals surface area contributed by atoms with Gasteiger partial charge in [0.25, 0.3) is 0 Å². The van der Waals surface area contributed by atoms with Crippen LogP contribution in [-0.2, 0) is 0 Å². The van der Waals surface area contributed by atoms with Gasteiger partial charge < -0.3 is 15.2 Å². The lowest BCUT2D eigenvalue weighted by Crippen LogP contribution is -1.94. The van der Waals surface area contributed by atoms with Crippen molar-refractivity contribution in [1.82, 2.24) is 0 Å².